The van der Waals surface area contributed by atoms with Crippen LogP contribution in [0.2, 0.25) is 0 Å². The second kappa shape index (κ2) is 5.23. The zero-order valence-corrected chi connectivity index (χ0v) is 10.3. The Morgan fingerprint density at radius 3 is 2.38 bits per heavy atom. The Morgan fingerprint density at radius 1 is 1.31 bits per heavy atom. The summed E-state index contributed by atoms with van der Waals surface area (Å²) in [7, 11) is 1.49. The monoisotopic (exact) mass is 225 g/mol. The molecule has 0 heterocycles. The Kier molecular flexibility index (Phi) is 4.21. The van der Waals surface area contributed by atoms with Crippen LogP contribution >= 0.6 is 0 Å². The molecule has 0 aromatic carbocycles. The molecule has 0 saturated heterocycles. The Bertz CT molecular complexity index is 322. The van der Waals surface area contributed by atoms with Crippen molar-refractivity contribution in [1.29, 1.82) is 0 Å². The molecule has 1 saturated carbocycles. The first-order valence-corrected chi connectivity index (χ1v) is 5.58. The van der Waals surface area contributed by atoms with Crippen molar-refractivity contribution < 1.29 is 14.4 Å². The second-order valence-corrected chi connectivity index (χ2v) is 4.52. The van der Waals surface area contributed by atoms with Crippen molar-refractivity contribution in [2.24, 2.45) is 22.9 Å². The largest absolute Gasteiger partial charge is 0.399 e. The van der Waals surface area contributed by atoms with E-state index in [1.165, 1.54) is 7.11 Å². The molecule has 3 atom stereocenters. The Hall–Kier alpha value is -1.19. The molecule has 0 amide bonds. The van der Waals surface area contributed by atoms with Crippen LogP contribution in [0.25, 0.3) is 0 Å². The number of oxime groups is 1. The van der Waals surface area contributed by atoms with Crippen molar-refractivity contribution >= 4 is 17.3 Å². The van der Waals surface area contributed by atoms with E-state index in [2.05, 4.69) is 5.16 Å². The van der Waals surface area contributed by atoms with Crippen molar-refractivity contribution in [3.8, 4) is 0 Å². The molecule has 1 aliphatic carbocycles. The minimum Gasteiger partial charge on any atom is -0.399 e. The maximum absolute atomic E-state index is 11.5. The average Bonchev–Trinajstić information content (AvgIpc) is 2.20. The third-order valence-electron chi connectivity index (χ3n) is 3.43. The van der Waals surface area contributed by atoms with Crippen LogP contribution in [0, 0.1) is 17.8 Å². The van der Waals surface area contributed by atoms with Gasteiger partial charge in [0.2, 0.25) is 0 Å². The zero-order chi connectivity index (χ0) is 12.3. The SMILES string of the molecule is CON=C1C[C@@H](C(C)=O)C[C@H](C(C)=O)C1C. The van der Waals surface area contributed by atoms with Gasteiger partial charge in [-0.05, 0) is 26.7 Å². The third kappa shape index (κ3) is 2.68. The molecule has 0 N–H and O–H groups in total. The number of rotatable bonds is 3. The van der Waals surface area contributed by atoms with Gasteiger partial charge in [0, 0.05) is 17.8 Å². The van der Waals surface area contributed by atoms with Gasteiger partial charge < -0.3 is 4.84 Å². The van der Waals surface area contributed by atoms with E-state index in [9.17, 15) is 9.59 Å². The van der Waals surface area contributed by atoms with Gasteiger partial charge in [-0.3, -0.25) is 9.59 Å². The fourth-order valence-electron chi connectivity index (χ4n) is 2.33. The second-order valence-electron chi connectivity index (χ2n) is 4.52. The predicted octanol–water partition coefficient (Wildman–Crippen LogP) is 1.83. The predicted molar refractivity (Wildman–Crippen MR) is 61.2 cm³/mol. The molecule has 1 fully saturated rings. The van der Waals surface area contributed by atoms with Crippen LogP contribution in [0.4, 0.5) is 0 Å². The molecule has 4 heteroatoms. The van der Waals surface area contributed by atoms with Crippen LogP contribution in [-0.2, 0) is 14.4 Å². The van der Waals surface area contributed by atoms with Crippen LogP contribution in [0.3, 0.4) is 0 Å². The molecule has 4 nitrogen and oxygen atoms in total. The highest BCUT2D eigenvalue weighted by Gasteiger charge is 2.37. The number of nitrogens with zero attached hydrogens (tertiary/aromatic N) is 1. The molecule has 0 aliphatic heterocycles. The van der Waals surface area contributed by atoms with Gasteiger partial charge in [-0.2, -0.15) is 0 Å². The van der Waals surface area contributed by atoms with Gasteiger partial charge in [-0.1, -0.05) is 12.1 Å². The Labute approximate surface area is 96.0 Å². The lowest BCUT2D eigenvalue weighted by molar-refractivity contribution is -0.125. The van der Waals surface area contributed by atoms with E-state index in [4.69, 9.17) is 4.84 Å². The Morgan fingerprint density at radius 2 is 1.94 bits per heavy atom. The molecule has 0 bridgehead atoms. The van der Waals surface area contributed by atoms with Gasteiger partial charge >= 0.3 is 0 Å². The average molecular weight is 225 g/mol. The van der Waals surface area contributed by atoms with Gasteiger partial charge in [0.1, 0.15) is 18.7 Å². The van der Waals surface area contributed by atoms with Crippen molar-refractivity contribution in [2.75, 3.05) is 7.11 Å². The fraction of sp³-hybridized carbons (Fsp3) is 0.750. The van der Waals surface area contributed by atoms with Crippen LogP contribution < -0.4 is 0 Å². The van der Waals surface area contributed by atoms with E-state index >= 15 is 0 Å². The summed E-state index contributed by atoms with van der Waals surface area (Å²) in [5, 5.41) is 3.94. The summed E-state index contributed by atoms with van der Waals surface area (Å²) in [6.07, 6.45) is 1.27. The smallest absolute Gasteiger partial charge is 0.133 e. The number of hydrogen-bond donors (Lipinski definition) is 0. The molecule has 1 unspecified atom stereocenters. The molecule has 16 heavy (non-hydrogen) atoms. The number of Topliss-reactive ketones (excluding diaryl/α,β-unsaturated/α-hetero) is 2. The summed E-state index contributed by atoms with van der Waals surface area (Å²) in [5.74, 6) is 0.146. The summed E-state index contributed by atoms with van der Waals surface area (Å²) in [5.41, 5.74) is 0.828. The number of hydrogen-bond acceptors (Lipinski definition) is 4. The number of carbonyl (C=O) groups excluding carboxylic acids is 2. The molecule has 0 spiro atoms. The first kappa shape index (κ1) is 12.9. The minimum atomic E-state index is -0.100. The zero-order valence-electron chi connectivity index (χ0n) is 10.3. The van der Waals surface area contributed by atoms with Gasteiger partial charge in [-0.25, -0.2) is 0 Å². The molecular weight excluding hydrogens is 206 g/mol. The first-order chi connectivity index (χ1) is 7.47. The van der Waals surface area contributed by atoms with Crippen molar-refractivity contribution in [3.05, 3.63) is 0 Å². The quantitative estimate of drug-likeness (QED) is 0.688. The summed E-state index contributed by atoms with van der Waals surface area (Å²) >= 11 is 0. The molecule has 0 aromatic rings. The van der Waals surface area contributed by atoms with E-state index in [0.717, 1.165) is 5.71 Å². The van der Waals surface area contributed by atoms with Gasteiger partial charge in [0.25, 0.3) is 0 Å². The van der Waals surface area contributed by atoms with E-state index < -0.39 is 0 Å². The van der Waals surface area contributed by atoms with E-state index in [-0.39, 0.29) is 29.3 Å². The summed E-state index contributed by atoms with van der Waals surface area (Å²) < 4.78 is 0. The highest BCUT2D eigenvalue weighted by Crippen LogP contribution is 2.33. The van der Waals surface area contributed by atoms with Crippen molar-refractivity contribution in [1.82, 2.24) is 0 Å². The number of ketones is 2. The topological polar surface area (TPSA) is 55.7 Å². The fourth-order valence-corrected chi connectivity index (χ4v) is 2.33. The summed E-state index contributed by atoms with van der Waals surface area (Å²) in [6, 6.07) is 0. The minimum absolute atomic E-state index is 0.0769. The van der Waals surface area contributed by atoms with Crippen LogP contribution in [0.15, 0.2) is 5.16 Å². The van der Waals surface area contributed by atoms with Crippen LogP contribution in [0.5, 0.6) is 0 Å². The maximum atomic E-state index is 11.5. The van der Waals surface area contributed by atoms with Crippen LogP contribution in [-0.4, -0.2) is 24.4 Å². The lowest BCUT2D eigenvalue weighted by Gasteiger charge is -2.32. The first-order valence-electron chi connectivity index (χ1n) is 5.58. The van der Waals surface area contributed by atoms with Gasteiger partial charge in [0.15, 0.2) is 0 Å². The highest BCUT2D eigenvalue weighted by molar-refractivity contribution is 5.96. The molecular formula is C12H19NO3. The lowest BCUT2D eigenvalue weighted by atomic mass is 9.71. The third-order valence-corrected chi connectivity index (χ3v) is 3.43. The van der Waals surface area contributed by atoms with E-state index in [0.29, 0.717) is 12.8 Å². The molecule has 1 rings (SSSR count). The molecule has 0 radical (unpaired) electrons. The molecule has 0 aromatic heterocycles. The van der Waals surface area contributed by atoms with Crippen molar-refractivity contribution in [3.63, 3.8) is 0 Å². The molecule has 1 aliphatic rings. The highest BCUT2D eigenvalue weighted by atomic mass is 16.6. The maximum Gasteiger partial charge on any atom is 0.133 e. The molecule has 90 valence electrons. The number of carbonyl (C=O) groups is 2. The summed E-state index contributed by atoms with van der Waals surface area (Å²) in [4.78, 5) is 27.7. The van der Waals surface area contributed by atoms with E-state index in [1.807, 2.05) is 6.92 Å². The normalized spacial score (nSPS) is 32.5. The van der Waals surface area contributed by atoms with Gasteiger partial charge in [0.05, 0.1) is 5.71 Å². The Balaban J connectivity index is 2.92. The summed E-state index contributed by atoms with van der Waals surface area (Å²) in [6.45, 7) is 5.12. The lowest BCUT2D eigenvalue weighted by Crippen LogP contribution is -2.37. The van der Waals surface area contributed by atoms with Crippen LogP contribution in [0.1, 0.15) is 33.6 Å². The van der Waals surface area contributed by atoms with Gasteiger partial charge in [-0.15, -0.1) is 0 Å². The van der Waals surface area contributed by atoms with Crippen molar-refractivity contribution in [2.45, 2.75) is 33.6 Å². The standard InChI is InChI=1S/C12H19NO3/c1-7-11(9(3)15)5-10(8(2)14)6-12(7)13-16-4/h7,10-11H,5-6H2,1-4H3/t7?,10-,11-/m0/s1. The van der Waals surface area contributed by atoms with E-state index in [1.54, 1.807) is 13.8 Å².